The number of aromatic carboxylic acids is 1. The number of rotatable bonds is 2. The Balaban J connectivity index is 1.74. The lowest BCUT2D eigenvalue weighted by molar-refractivity contribution is 0.0696. The molecule has 0 saturated heterocycles. The molecule has 1 N–H and O–H groups in total. The lowest BCUT2D eigenvalue weighted by Crippen LogP contribution is -1.98. The van der Waals surface area contributed by atoms with Crippen molar-refractivity contribution in [3.8, 4) is 5.75 Å². The van der Waals surface area contributed by atoms with E-state index < -0.39 is 5.97 Å². The third kappa shape index (κ3) is 2.25. The van der Waals surface area contributed by atoms with Gasteiger partial charge in [-0.2, -0.15) is 0 Å². The molecule has 0 amide bonds. The standard InChI is InChI=1S/C20H12O4/c21-18-16-10-9-13-3-1-2-4-15(13)19(16)24-17(18)11-12-5-7-14(8-6-12)20(22)23/h1-11H,(H,22,23). The van der Waals surface area contributed by atoms with Crippen LogP contribution in [0.1, 0.15) is 26.3 Å². The van der Waals surface area contributed by atoms with Crippen LogP contribution in [0.4, 0.5) is 0 Å². The number of benzene rings is 3. The van der Waals surface area contributed by atoms with E-state index in [4.69, 9.17) is 9.84 Å². The zero-order chi connectivity index (χ0) is 16.7. The largest absolute Gasteiger partial charge is 0.478 e. The van der Waals surface area contributed by atoms with Crippen molar-refractivity contribution in [1.29, 1.82) is 0 Å². The van der Waals surface area contributed by atoms with Crippen molar-refractivity contribution in [2.75, 3.05) is 0 Å². The van der Waals surface area contributed by atoms with Crippen LogP contribution in [-0.4, -0.2) is 16.9 Å². The van der Waals surface area contributed by atoms with Gasteiger partial charge in [0.15, 0.2) is 5.76 Å². The van der Waals surface area contributed by atoms with Crippen LogP contribution in [0.5, 0.6) is 5.75 Å². The molecule has 1 heterocycles. The van der Waals surface area contributed by atoms with Gasteiger partial charge in [0.05, 0.1) is 11.1 Å². The van der Waals surface area contributed by atoms with E-state index in [0.717, 1.165) is 10.8 Å². The van der Waals surface area contributed by atoms with Crippen molar-refractivity contribution in [1.82, 2.24) is 0 Å². The van der Waals surface area contributed by atoms with E-state index in [-0.39, 0.29) is 17.1 Å². The molecule has 0 atom stereocenters. The maximum absolute atomic E-state index is 12.5. The van der Waals surface area contributed by atoms with E-state index in [1.807, 2.05) is 30.3 Å². The molecule has 0 unspecified atom stereocenters. The zero-order valence-electron chi connectivity index (χ0n) is 12.5. The average Bonchev–Trinajstić information content (AvgIpc) is 2.92. The van der Waals surface area contributed by atoms with E-state index >= 15 is 0 Å². The second-order valence-electron chi connectivity index (χ2n) is 5.53. The molecule has 4 rings (SSSR count). The van der Waals surface area contributed by atoms with Gasteiger partial charge in [0, 0.05) is 5.39 Å². The third-order valence-corrected chi connectivity index (χ3v) is 4.02. The lowest BCUT2D eigenvalue weighted by Gasteiger charge is -2.03. The predicted octanol–water partition coefficient (Wildman–Crippen LogP) is 4.15. The van der Waals surface area contributed by atoms with Crippen molar-refractivity contribution < 1.29 is 19.4 Å². The van der Waals surface area contributed by atoms with Crippen molar-refractivity contribution in [3.05, 3.63) is 83.1 Å². The van der Waals surface area contributed by atoms with Gasteiger partial charge in [0.2, 0.25) is 5.78 Å². The smallest absolute Gasteiger partial charge is 0.335 e. The molecule has 0 bridgehead atoms. The summed E-state index contributed by atoms with van der Waals surface area (Å²) in [5.41, 5.74) is 1.45. The highest BCUT2D eigenvalue weighted by Crippen LogP contribution is 2.38. The fourth-order valence-electron chi connectivity index (χ4n) is 2.79. The Bertz CT molecular complexity index is 1010. The Kier molecular flexibility index (Phi) is 3.17. The molecule has 1 aliphatic rings. The Morgan fingerprint density at radius 2 is 1.71 bits per heavy atom. The summed E-state index contributed by atoms with van der Waals surface area (Å²) in [5, 5.41) is 10.8. The summed E-state index contributed by atoms with van der Waals surface area (Å²) < 4.78 is 5.81. The Morgan fingerprint density at radius 3 is 2.46 bits per heavy atom. The molecule has 0 aromatic heterocycles. The SMILES string of the molecule is O=C(O)c1ccc(C=C2Oc3c(ccc4ccccc34)C2=O)cc1. The highest BCUT2D eigenvalue weighted by molar-refractivity contribution is 6.17. The summed E-state index contributed by atoms with van der Waals surface area (Å²) in [6, 6.07) is 17.7. The molecule has 0 radical (unpaired) electrons. The molecule has 4 heteroatoms. The molecule has 0 spiro atoms. The fraction of sp³-hybridized carbons (Fsp3) is 0. The third-order valence-electron chi connectivity index (χ3n) is 4.02. The summed E-state index contributed by atoms with van der Waals surface area (Å²) in [6.45, 7) is 0. The summed E-state index contributed by atoms with van der Waals surface area (Å²) in [5.74, 6) is -0.338. The molecule has 3 aromatic carbocycles. The van der Waals surface area contributed by atoms with Crippen LogP contribution in [0.15, 0.2) is 66.4 Å². The van der Waals surface area contributed by atoms with E-state index in [2.05, 4.69) is 0 Å². The normalized spacial score (nSPS) is 14.7. The number of carboxylic acids is 1. The number of ether oxygens (including phenoxy) is 1. The first-order valence-corrected chi connectivity index (χ1v) is 7.43. The van der Waals surface area contributed by atoms with Gasteiger partial charge in [-0.3, -0.25) is 4.79 Å². The molecule has 3 aromatic rings. The number of hydrogen-bond acceptors (Lipinski definition) is 3. The van der Waals surface area contributed by atoms with Crippen LogP contribution in [0.25, 0.3) is 16.8 Å². The minimum Gasteiger partial charge on any atom is -0.478 e. The zero-order valence-corrected chi connectivity index (χ0v) is 12.5. The van der Waals surface area contributed by atoms with Crippen LogP contribution < -0.4 is 4.74 Å². The first kappa shape index (κ1) is 14.2. The monoisotopic (exact) mass is 316 g/mol. The number of hydrogen-bond donors (Lipinski definition) is 1. The second kappa shape index (κ2) is 5.35. The van der Waals surface area contributed by atoms with Gasteiger partial charge in [-0.15, -0.1) is 0 Å². The van der Waals surface area contributed by atoms with Gasteiger partial charge in [0.25, 0.3) is 0 Å². The molecule has 1 aliphatic heterocycles. The van der Waals surface area contributed by atoms with Gasteiger partial charge >= 0.3 is 5.97 Å². The van der Waals surface area contributed by atoms with Crippen molar-refractivity contribution in [3.63, 3.8) is 0 Å². The van der Waals surface area contributed by atoms with Crippen molar-refractivity contribution in [2.45, 2.75) is 0 Å². The molecular weight excluding hydrogens is 304 g/mol. The summed E-state index contributed by atoms with van der Waals surface area (Å²) in [6.07, 6.45) is 1.63. The maximum Gasteiger partial charge on any atom is 0.335 e. The van der Waals surface area contributed by atoms with E-state index in [9.17, 15) is 9.59 Å². The van der Waals surface area contributed by atoms with Crippen LogP contribution in [0.3, 0.4) is 0 Å². The number of ketones is 1. The van der Waals surface area contributed by atoms with Gasteiger partial charge in [-0.25, -0.2) is 4.79 Å². The van der Waals surface area contributed by atoms with Crippen LogP contribution in [-0.2, 0) is 0 Å². The first-order chi connectivity index (χ1) is 11.6. The first-order valence-electron chi connectivity index (χ1n) is 7.43. The van der Waals surface area contributed by atoms with E-state index in [1.54, 1.807) is 24.3 Å². The Labute approximate surface area is 137 Å². The van der Waals surface area contributed by atoms with Gasteiger partial charge < -0.3 is 9.84 Å². The van der Waals surface area contributed by atoms with Crippen LogP contribution in [0, 0.1) is 0 Å². The fourth-order valence-corrected chi connectivity index (χ4v) is 2.79. The summed E-state index contributed by atoms with van der Waals surface area (Å²) >= 11 is 0. The molecule has 0 saturated carbocycles. The number of carbonyl (C=O) groups is 2. The highest BCUT2D eigenvalue weighted by Gasteiger charge is 2.28. The number of carbonyl (C=O) groups excluding carboxylic acids is 1. The van der Waals surface area contributed by atoms with Gasteiger partial charge in [-0.05, 0) is 35.2 Å². The Hall–Kier alpha value is -3.40. The average molecular weight is 316 g/mol. The summed E-state index contributed by atoms with van der Waals surface area (Å²) in [4.78, 5) is 23.4. The van der Waals surface area contributed by atoms with Crippen molar-refractivity contribution >= 4 is 28.6 Å². The second-order valence-corrected chi connectivity index (χ2v) is 5.53. The highest BCUT2D eigenvalue weighted by atomic mass is 16.5. The molecule has 24 heavy (non-hydrogen) atoms. The van der Waals surface area contributed by atoms with Gasteiger partial charge in [-0.1, -0.05) is 42.5 Å². The topological polar surface area (TPSA) is 63.6 Å². The van der Waals surface area contributed by atoms with Crippen LogP contribution in [0.2, 0.25) is 0 Å². The minimum atomic E-state index is -0.985. The number of fused-ring (bicyclic) bond motifs is 3. The minimum absolute atomic E-state index is 0.168. The van der Waals surface area contributed by atoms with Gasteiger partial charge in [0.1, 0.15) is 5.75 Å². The number of Topliss-reactive ketones (excluding diaryl/α,β-unsaturated/α-hetero) is 1. The Morgan fingerprint density at radius 1 is 0.958 bits per heavy atom. The van der Waals surface area contributed by atoms with Crippen molar-refractivity contribution in [2.24, 2.45) is 0 Å². The number of allylic oxidation sites excluding steroid dienone is 1. The predicted molar refractivity (Wildman–Crippen MR) is 90.3 cm³/mol. The lowest BCUT2D eigenvalue weighted by atomic mass is 10.0. The molecular formula is C20H12O4. The summed E-state index contributed by atoms with van der Waals surface area (Å²) in [7, 11) is 0. The molecule has 4 nitrogen and oxygen atoms in total. The molecule has 116 valence electrons. The van der Waals surface area contributed by atoms with Crippen LogP contribution >= 0.6 is 0 Å². The number of carboxylic acid groups (broad SMARTS) is 1. The molecule has 0 aliphatic carbocycles. The quantitative estimate of drug-likeness (QED) is 0.721. The van der Waals surface area contributed by atoms with E-state index in [0.29, 0.717) is 16.9 Å². The molecule has 0 fully saturated rings. The van der Waals surface area contributed by atoms with E-state index in [1.165, 1.54) is 12.1 Å². The maximum atomic E-state index is 12.5.